The summed E-state index contributed by atoms with van der Waals surface area (Å²) in [6.07, 6.45) is 3.32. The summed E-state index contributed by atoms with van der Waals surface area (Å²) in [7, 11) is 0. The van der Waals surface area contributed by atoms with Crippen LogP contribution in [0.3, 0.4) is 0 Å². The molecule has 2 aromatic heterocycles. The van der Waals surface area contributed by atoms with E-state index in [1.807, 2.05) is 23.0 Å². The molecule has 0 saturated heterocycles. The Morgan fingerprint density at radius 3 is 2.83 bits per heavy atom. The third kappa shape index (κ3) is 1.79. The quantitative estimate of drug-likeness (QED) is 0.739. The van der Waals surface area contributed by atoms with Crippen LogP contribution in [0.1, 0.15) is 11.1 Å². The Hall–Kier alpha value is -2.43. The number of benzene rings is 1. The van der Waals surface area contributed by atoms with Gasteiger partial charge in [0.05, 0.1) is 11.9 Å². The van der Waals surface area contributed by atoms with E-state index in [-0.39, 0.29) is 0 Å². The van der Waals surface area contributed by atoms with Crippen LogP contribution in [-0.2, 0) is 6.54 Å². The fourth-order valence-corrected chi connectivity index (χ4v) is 1.95. The highest BCUT2D eigenvalue weighted by atomic mass is 15.3. The van der Waals surface area contributed by atoms with Crippen LogP contribution in [0.4, 0.5) is 5.82 Å². The highest BCUT2D eigenvalue weighted by Gasteiger charge is 2.06. The lowest BCUT2D eigenvalue weighted by molar-refractivity contribution is 0.690. The highest BCUT2D eigenvalue weighted by Crippen LogP contribution is 2.16. The molecule has 90 valence electrons. The third-order valence-corrected chi connectivity index (χ3v) is 2.99. The summed E-state index contributed by atoms with van der Waals surface area (Å²) >= 11 is 0. The number of anilines is 1. The standard InChI is InChI=1S/C13H13N5/c1-9-4-2-3-5-10(9)6-18-7-11-12(14)15-8-16-13(11)17-18/h2-5,7-8H,6H2,1H3,(H2,14,15,16,17). The minimum absolute atomic E-state index is 0.469. The lowest BCUT2D eigenvalue weighted by Crippen LogP contribution is -2.01. The van der Waals surface area contributed by atoms with Crippen molar-refractivity contribution in [3.05, 3.63) is 47.9 Å². The Labute approximate surface area is 104 Å². The molecule has 0 atom stereocenters. The SMILES string of the molecule is Cc1ccccc1Cn1cc2c(N)ncnc2n1. The summed E-state index contributed by atoms with van der Waals surface area (Å²) in [5.74, 6) is 0.469. The van der Waals surface area contributed by atoms with Crippen LogP contribution in [0.15, 0.2) is 36.8 Å². The fraction of sp³-hybridized carbons (Fsp3) is 0.154. The van der Waals surface area contributed by atoms with Gasteiger partial charge in [0, 0.05) is 6.20 Å². The Morgan fingerprint density at radius 2 is 2.06 bits per heavy atom. The Kier molecular flexibility index (Phi) is 2.44. The summed E-state index contributed by atoms with van der Waals surface area (Å²) in [5.41, 5.74) is 8.90. The molecule has 5 heteroatoms. The average Bonchev–Trinajstić information content (AvgIpc) is 2.76. The first-order valence-electron chi connectivity index (χ1n) is 5.72. The maximum atomic E-state index is 5.79. The number of hydrogen-bond donors (Lipinski definition) is 1. The van der Waals surface area contributed by atoms with Gasteiger partial charge in [0.1, 0.15) is 12.1 Å². The van der Waals surface area contributed by atoms with Gasteiger partial charge in [-0.1, -0.05) is 24.3 Å². The van der Waals surface area contributed by atoms with Crippen molar-refractivity contribution in [1.29, 1.82) is 0 Å². The topological polar surface area (TPSA) is 69.6 Å². The van der Waals surface area contributed by atoms with Crippen molar-refractivity contribution in [2.75, 3.05) is 5.73 Å². The van der Waals surface area contributed by atoms with Crippen LogP contribution >= 0.6 is 0 Å². The van der Waals surface area contributed by atoms with Crippen molar-refractivity contribution in [1.82, 2.24) is 19.7 Å². The van der Waals surface area contributed by atoms with E-state index >= 15 is 0 Å². The monoisotopic (exact) mass is 239 g/mol. The predicted octanol–water partition coefficient (Wildman–Crippen LogP) is 1.77. The third-order valence-electron chi connectivity index (χ3n) is 2.99. The zero-order valence-corrected chi connectivity index (χ0v) is 10.0. The van der Waals surface area contributed by atoms with Crippen molar-refractivity contribution in [2.24, 2.45) is 0 Å². The predicted molar refractivity (Wildman–Crippen MR) is 70.0 cm³/mol. The number of rotatable bonds is 2. The molecule has 0 aliphatic carbocycles. The molecular formula is C13H13N5. The summed E-state index contributed by atoms with van der Waals surface area (Å²) in [5, 5.41) is 5.19. The van der Waals surface area contributed by atoms with Gasteiger partial charge < -0.3 is 5.73 Å². The van der Waals surface area contributed by atoms with E-state index in [9.17, 15) is 0 Å². The van der Waals surface area contributed by atoms with Crippen LogP contribution in [0.25, 0.3) is 11.0 Å². The van der Waals surface area contributed by atoms with E-state index in [0.29, 0.717) is 18.0 Å². The molecular weight excluding hydrogens is 226 g/mol. The zero-order valence-electron chi connectivity index (χ0n) is 10.0. The maximum absolute atomic E-state index is 5.79. The van der Waals surface area contributed by atoms with E-state index in [2.05, 4.69) is 34.1 Å². The molecule has 0 amide bonds. The molecule has 2 N–H and O–H groups in total. The largest absolute Gasteiger partial charge is 0.383 e. The number of nitrogens with two attached hydrogens (primary N) is 1. The molecule has 18 heavy (non-hydrogen) atoms. The second-order valence-corrected chi connectivity index (χ2v) is 4.25. The second-order valence-electron chi connectivity index (χ2n) is 4.25. The van der Waals surface area contributed by atoms with Crippen LogP contribution in [0, 0.1) is 6.92 Å². The van der Waals surface area contributed by atoms with E-state index in [4.69, 9.17) is 5.73 Å². The first kappa shape index (κ1) is 10.7. The van der Waals surface area contributed by atoms with Crippen molar-refractivity contribution < 1.29 is 0 Å². The number of hydrogen-bond acceptors (Lipinski definition) is 4. The molecule has 3 aromatic rings. The van der Waals surface area contributed by atoms with Gasteiger partial charge in [-0.25, -0.2) is 9.97 Å². The lowest BCUT2D eigenvalue weighted by Gasteiger charge is -2.04. The first-order chi connectivity index (χ1) is 8.74. The van der Waals surface area contributed by atoms with Crippen LogP contribution < -0.4 is 5.73 Å². The summed E-state index contributed by atoms with van der Waals surface area (Å²) in [6.45, 7) is 2.80. The van der Waals surface area contributed by atoms with Gasteiger partial charge in [0.2, 0.25) is 0 Å². The summed E-state index contributed by atoms with van der Waals surface area (Å²) in [4.78, 5) is 8.06. The maximum Gasteiger partial charge on any atom is 0.186 e. The highest BCUT2D eigenvalue weighted by molar-refractivity contribution is 5.84. The Morgan fingerprint density at radius 1 is 1.22 bits per heavy atom. The molecule has 0 saturated carbocycles. The van der Waals surface area contributed by atoms with Crippen LogP contribution in [0.2, 0.25) is 0 Å². The molecule has 2 heterocycles. The number of aryl methyl sites for hydroxylation is 1. The molecule has 0 unspecified atom stereocenters. The molecule has 0 fully saturated rings. The first-order valence-corrected chi connectivity index (χ1v) is 5.72. The molecule has 0 aliphatic heterocycles. The minimum atomic E-state index is 0.469. The Balaban J connectivity index is 2.01. The number of aromatic nitrogens is 4. The minimum Gasteiger partial charge on any atom is -0.383 e. The van der Waals surface area contributed by atoms with Crippen LogP contribution in [0.5, 0.6) is 0 Å². The molecule has 0 bridgehead atoms. The van der Waals surface area contributed by atoms with Gasteiger partial charge >= 0.3 is 0 Å². The molecule has 0 radical (unpaired) electrons. The average molecular weight is 239 g/mol. The van der Waals surface area contributed by atoms with E-state index in [1.54, 1.807) is 0 Å². The molecule has 0 aliphatic rings. The molecule has 3 rings (SSSR count). The molecule has 1 aromatic carbocycles. The van der Waals surface area contributed by atoms with E-state index in [1.165, 1.54) is 17.5 Å². The van der Waals surface area contributed by atoms with Gasteiger partial charge in [0.15, 0.2) is 5.65 Å². The molecule has 0 spiro atoms. The van der Waals surface area contributed by atoms with Gasteiger partial charge in [-0.2, -0.15) is 5.10 Å². The number of nitrogens with zero attached hydrogens (tertiary/aromatic N) is 4. The van der Waals surface area contributed by atoms with Crippen molar-refractivity contribution >= 4 is 16.9 Å². The second kappa shape index (κ2) is 4.10. The van der Waals surface area contributed by atoms with Crippen molar-refractivity contribution in [3.8, 4) is 0 Å². The number of nitrogen functional groups attached to an aromatic ring is 1. The smallest absolute Gasteiger partial charge is 0.186 e. The summed E-state index contributed by atoms with van der Waals surface area (Å²) in [6, 6.07) is 8.24. The van der Waals surface area contributed by atoms with Crippen LogP contribution in [-0.4, -0.2) is 19.7 Å². The zero-order chi connectivity index (χ0) is 12.5. The normalized spacial score (nSPS) is 10.9. The van der Waals surface area contributed by atoms with Gasteiger partial charge in [-0.15, -0.1) is 0 Å². The molecule has 5 nitrogen and oxygen atoms in total. The van der Waals surface area contributed by atoms with E-state index < -0.39 is 0 Å². The van der Waals surface area contributed by atoms with Gasteiger partial charge in [-0.3, -0.25) is 4.68 Å². The number of fused-ring (bicyclic) bond motifs is 1. The van der Waals surface area contributed by atoms with Gasteiger partial charge in [0.25, 0.3) is 0 Å². The lowest BCUT2D eigenvalue weighted by atomic mass is 10.1. The van der Waals surface area contributed by atoms with Gasteiger partial charge in [-0.05, 0) is 18.1 Å². The van der Waals surface area contributed by atoms with E-state index in [0.717, 1.165) is 5.39 Å². The summed E-state index contributed by atoms with van der Waals surface area (Å²) < 4.78 is 1.85. The fourth-order valence-electron chi connectivity index (χ4n) is 1.95. The van der Waals surface area contributed by atoms with Crippen molar-refractivity contribution in [3.63, 3.8) is 0 Å². The Bertz CT molecular complexity index is 701. The van der Waals surface area contributed by atoms with Crippen molar-refractivity contribution in [2.45, 2.75) is 13.5 Å².